The Labute approximate surface area is 178 Å². The van der Waals surface area contributed by atoms with Gasteiger partial charge in [0.05, 0.1) is 17.6 Å². The minimum atomic E-state index is 0.698. The number of halogens is 1. The third kappa shape index (κ3) is 5.08. The number of rotatable bonds is 6. The van der Waals surface area contributed by atoms with Gasteiger partial charge in [-0.1, -0.05) is 60.1 Å². The van der Waals surface area contributed by atoms with Gasteiger partial charge in [-0.2, -0.15) is 5.10 Å². The third-order valence-electron chi connectivity index (χ3n) is 4.31. The molecule has 4 nitrogen and oxygen atoms in total. The van der Waals surface area contributed by atoms with E-state index in [-0.39, 0.29) is 0 Å². The number of aromatic nitrogens is 2. The normalized spacial score (nSPS) is 12.0. The van der Waals surface area contributed by atoms with E-state index in [1.54, 1.807) is 23.7 Å². The first-order chi connectivity index (χ1) is 14.3. The van der Waals surface area contributed by atoms with Crippen molar-refractivity contribution in [3.8, 4) is 11.3 Å². The molecule has 0 fully saturated rings. The summed E-state index contributed by atoms with van der Waals surface area (Å²) >= 11 is 7.63. The first-order valence-corrected chi connectivity index (χ1v) is 10.5. The Morgan fingerprint density at radius 2 is 1.76 bits per heavy atom. The summed E-state index contributed by atoms with van der Waals surface area (Å²) in [6, 6.07) is 23.9. The van der Waals surface area contributed by atoms with Crippen LogP contribution < -0.4 is 4.80 Å². The molecule has 0 radical (unpaired) electrons. The van der Waals surface area contributed by atoms with E-state index in [4.69, 9.17) is 16.6 Å². The summed E-state index contributed by atoms with van der Waals surface area (Å²) in [6.45, 7) is 0.698. The summed E-state index contributed by atoms with van der Waals surface area (Å²) in [6.07, 6.45) is 4.40. The highest BCUT2D eigenvalue weighted by atomic mass is 35.5. The van der Waals surface area contributed by atoms with Crippen molar-refractivity contribution in [2.45, 2.75) is 6.42 Å². The van der Waals surface area contributed by atoms with Crippen molar-refractivity contribution in [1.82, 2.24) is 9.66 Å². The molecule has 0 amide bonds. The Bertz CT molecular complexity index is 1150. The molecule has 2 heterocycles. The van der Waals surface area contributed by atoms with Crippen molar-refractivity contribution in [3.05, 3.63) is 105 Å². The standard InChI is InChI=1S/C23H19ClN4S/c24-20-11-9-19(10-12-20)22-17-29-23(26-15-13-18-6-2-1-3-7-18)28(22)27-16-21-8-4-5-14-25-21/h1-12,14,16-17H,13,15H2. The van der Waals surface area contributed by atoms with E-state index >= 15 is 0 Å². The second-order valence-electron chi connectivity index (χ2n) is 6.34. The minimum absolute atomic E-state index is 0.698. The monoisotopic (exact) mass is 418 g/mol. The van der Waals surface area contributed by atoms with Crippen LogP contribution in [0.3, 0.4) is 0 Å². The number of hydrogen-bond donors (Lipinski definition) is 0. The van der Waals surface area contributed by atoms with E-state index in [0.717, 1.165) is 28.2 Å². The van der Waals surface area contributed by atoms with Crippen LogP contribution in [0.2, 0.25) is 5.02 Å². The van der Waals surface area contributed by atoms with Crippen LogP contribution in [0.5, 0.6) is 0 Å². The lowest BCUT2D eigenvalue weighted by Crippen LogP contribution is -2.13. The lowest BCUT2D eigenvalue weighted by molar-refractivity contribution is 0.816. The quantitative estimate of drug-likeness (QED) is 0.392. The van der Waals surface area contributed by atoms with Gasteiger partial charge in [0.2, 0.25) is 4.80 Å². The van der Waals surface area contributed by atoms with Gasteiger partial charge in [0.25, 0.3) is 0 Å². The second-order valence-corrected chi connectivity index (χ2v) is 7.61. The molecule has 0 saturated carbocycles. The van der Waals surface area contributed by atoms with E-state index in [1.165, 1.54) is 5.56 Å². The van der Waals surface area contributed by atoms with Crippen LogP contribution in [0.15, 0.2) is 94.5 Å². The summed E-state index contributed by atoms with van der Waals surface area (Å²) in [5.74, 6) is 0. The Morgan fingerprint density at radius 1 is 0.966 bits per heavy atom. The minimum Gasteiger partial charge on any atom is -0.257 e. The second kappa shape index (κ2) is 9.45. The molecule has 4 rings (SSSR count). The van der Waals surface area contributed by atoms with Gasteiger partial charge < -0.3 is 0 Å². The van der Waals surface area contributed by atoms with Crippen LogP contribution in [-0.4, -0.2) is 22.4 Å². The SMILES string of the molecule is Clc1ccc(-c2csc(=NCCc3ccccc3)n2N=Cc2ccccn2)cc1. The van der Waals surface area contributed by atoms with Gasteiger partial charge >= 0.3 is 0 Å². The van der Waals surface area contributed by atoms with Crippen molar-refractivity contribution < 1.29 is 0 Å². The van der Waals surface area contributed by atoms with Gasteiger partial charge in [0.1, 0.15) is 0 Å². The van der Waals surface area contributed by atoms with Crippen LogP contribution in [0.1, 0.15) is 11.3 Å². The highest BCUT2D eigenvalue weighted by molar-refractivity contribution is 7.07. The number of thiazole rings is 1. The van der Waals surface area contributed by atoms with Gasteiger partial charge in [-0.25, -0.2) is 4.68 Å². The highest BCUT2D eigenvalue weighted by Gasteiger charge is 2.07. The summed E-state index contributed by atoms with van der Waals surface area (Å²) in [7, 11) is 0. The number of hydrogen-bond acceptors (Lipinski definition) is 4. The molecule has 0 bridgehead atoms. The van der Waals surface area contributed by atoms with E-state index in [9.17, 15) is 0 Å². The fourth-order valence-electron chi connectivity index (χ4n) is 2.83. The van der Waals surface area contributed by atoms with Gasteiger partial charge in [-0.15, -0.1) is 11.3 Å². The zero-order valence-corrected chi connectivity index (χ0v) is 17.2. The largest absolute Gasteiger partial charge is 0.257 e. The molecule has 0 aliphatic rings. The molecule has 29 heavy (non-hydrogen) atoms. The van der Waals surface area contributed by atoms with Crippen molar-refractivity contribution >= 4 is 29.2 Å². The van der Waals surface area contributed by atoms with E-state index in [2.05, 4.69) is 39.7 Å². The Morgan fingerprint density at radius 3 is 2.52 bits per heavy atom. The predicted molar refractivity (Wildman–Crippen MR) is 121 cm³/mol. The van der Waals surface area contributed by atoms with Crippen LogP contribution in [0, 0.1) is 0 Å². The summed E-state index contributed by atoms with van der Waals surface area (Å²) < 4.78 is 1.87. The Balaban J connectivity index is 1.67. The topological polar surface area (TPSA) is 42.5 Å². The van der Waals surface area contributed by atoms with Crippen LogP contribution in [0.25, 0.3) is 11.3 Å². The van der Waals surface area contributed by atoms with Gasteiger partial charge in [0.15, 0.2) is 0 Å². The van der Waals surface area contributed by atoms with Crippen molar-refractivity contribution in [2.24, 2.45) is 10.1 Å². The summed E-state index contributed by atoms with van der Waals surface area (Å²) in [4.78, 5) is 9.96. The third-order valence-corrected chi connectivity index (χ3v) is 5.41. The van der Waals surface area contributed by atoms with Gasteiger partial charge in [-0.05, 0) is 36.2 Å². The molecule has 144 valence electrons. The van der Waals surface area contributed by atoms with E-state index in [0.29, 0.717) is 11.6 Å². The molecule has 0 spiro atoms. The van der Waals surface area contributed by atoms with E-state index < -0.39 is 0 Å². The molecule has 2 aromatic carbocycles. The zero-order valence-electron chi connectivity index (χ0n) is 15.6. The molecule has 0 unspecified atom stereocenters. The molecule has 0 saturated heterocycles. The lowest BCUT2D eigenvalue weighted by Gasteiger charge is -2.04. The molecular formula is C23H19ClN4S. The first kappa shape index (κ1) is 19.3. The van der Waals surface area contributed by atoms with Crippen molar-refractivity contribution in [2.75, 3.05) is 6.54 Å². The number of benzene rings is 2. The molecule has 4 aromatic rings. The maximum atomic E-state index is 6.05. The van der Waals surface area contributed by atoms with Crippen molar-refractivity contribution in [1.29, 1.82) is 0 Å². The number of pyridine rings is 1. The molecule has 6 heteroatoms. The smallest absolute Gasteiger partial charge is 0.206 e. The van der Waals surface area contributed by atoms with E-state index in [1.807, 2.05) is 53.2 Å². The first-order valence-electron chi connectivity index (χ1n) is 9.26. The predicted octanol–water partition coefficient (Wildman–Crippen LogP) is 5.29. The Hall–Kier alpha value is -3.02. The fraction of sp³-hybridized carbons (Fsp3) is 0.0870. The molecule has 2 aromatic heterocycles. The maximum Gasteiger partial charge on any atom is 0.206 e. The lowest BCUT2D eigenvalue weighted by atomic mass is 10.2. The molecule has 0 aliphatic carbocycles. The van der Waals surface area contributed by atoms with Crippen LogP contribution in [-0.2, 0) is 6.42 Å². The fourth-order valence-corrected chi connectivity index (χ4v) is 3.82. The van der Waals surface area contributed by atoms with Crippen LogP contribution in [0.4, 0.5) is 0 Å². The molecular weight excluding hydrogens is 400 g/mol. The molecule has 0 N–H and O–H groups in total. The average Bonchev–Trinajstić information content (AvgIpc) is 3.17. The molecule has 0 atom stereocenters. The zero-order chi connectivity index (χ0) is 19.9. The van der Waals surface area contributed by atoms with Crippen molar-refractivity contribution in [3.63, 3.8) is 0 Å². The number of nitrogens with zero attached hydrogens (tertiary/aromatic N) is 4. The molecule has 0 aliphatic heterocycles. The Kier molecular flexibility index (Phi) is 6.29. The van der Waals surface area contributed by atoms with Gasteiger partial charge in [-0.3, -0.25) is 9.98 Å². The summed E-state index contributed by atoms with van der Waals surface area (Å²) in [5.41, 5.74) is 4.07. The highest BCUT2D eigenvalue weighted by Crippen LogP contribution is 2.22. The maximum absolute atomic E-state index is 6.05. The summed E-state index contributed by atoms with van der Waals surface area (Å²) in [5, 5.41) is 7.45. The average molecular weight is 419 g/mol. The van der Waals surface area contributed by atoms with Gasteiger partial charge in [0, 0.05) is 28.7 Å². The van der Waals surface area contributed by atoms with Crippen LogP contribution >= 0.6 is 22.9 Å².